The second-order valence-corrected chi connectivity index (χ2v) is 4.94. The van der Waals surface area contributed by atoms with Gasteiger partial charge in [0.1, 0.15) is 0 Å². The van der Waals surface area contributed by atoms with Gasteiger partial charge < -0.3 is 4.90 Å². The fourth-order valence-electron chi connectivity index (χ4n) is 2.38. The van der Waals surface area contributed by atoms with Crippen LogP contribution in [-0.2, 0) is 20.8 Å². The van der Waals surface area contributed by atoms with Gasteiger partial charge in [-0.05, 0) is 24.1 Å². The number of nitrogens with zero attached hydrogens (tertiary/aromatic N) is 2. The normalized spacial score (nSPS) is 18.4. The van der Waals surface area contributed by atoms with Crippen molar-refractivity contribution in [3.05, 3.63) is 29.8 Å². The summed E-state index contributed by atoms with van der Waals surface area (Å²) in [5.74, 6) is -0.510. The molecule has 1 aliphatic rings. The van der Waals surface area contributed by atoms with E-state index in [-0.39, 0.29) is 24.2 Å². The van der Waals surface area contributed by atoms with Crippen LogP contribution in [0.1, 0.15) is 18.9 Å². The van der Waals surface area contributed by atoms with Gasteiger partial charge in [-0.3, -0.25) is 14.4 Å². The molecule has 0 radical (unpaired) electrons. The van der Waals surface area contributed by atoms with Crippen LogP contribution in [0.3, 0.4) is 0 Å². The molecule has 5 heteroatoms. The average Bonchev–Trinajstić information content (AvgIpc) is 2.87. The van der Waals surface area contributed by atoms with Gasteiger partial charge in [0.15, 0.2) is 0 Å². The van der Waals surface area contributed by atoms with E-state index in [1.807, 2.05) is 24.3 Å². The Hall–Kier alpha value is -1.88. The number of hydrogen-bond acceptors (Lipinski definition) is 3. The van der Waals surface area contributed by atoms with Gasteiger partial charge in [-0.15, -0.1) is 0 Å². The average molecular weight is 276 g/mol. The van der Waals surface area contributed by atoms with E-state index in [1.165, 1.54) is 17.7 Å². The molecule has 1 fully saturated rings. The summed E-state index contributed by atoms with van der Waals surface area (Å²) in [6, 6.07) is 7.89. The topological polar surface area (TPSA) is 49.9 Å². The van der Waals surface area contributed by atoms with Crippen LogP contribution in [0.2, 0.25) is 0 Å². The van der Waals surface area contributed by atoms with E-state index in [2.05, 4.69) is 6.92 Å². The summed E-state index contributed by atoms with van der Waals surface area (Å²) in [6.07, 6.45) is 1.20. The van der Waals surface area contributed by atoms with Gasteiger partial charge >= 0.3 is 0 Å². The summed E-state index contributed by atoms with van der Waals surface area (Å²) in [7, 11) is 3.00. The van der Waals surface area contributed by atoms with Gasteiger partial charge in [0.05, 0.1) is 13.0 Å². The molecular formula is C15H20N2O3. The third-order valence-corrected chi connectivity index (χ3v) is 3.71. The van der Waals surface area contributed by atoms with Crippen LogP contribution < -0.4 is 4.90 Å². The van der Waals surface area contributed by atoms with Crippen molar-refractivity contribution in [1.29, 1.82) is 0 Å². The highest BCUT2D eigenvalue weighted by atomic mass is 16.7. The van der Waals surface area contributed by atoms with E-state index in [9.17, 15) is 9.59 Å². The molecule has 20 heavy (non-hydrogen) atoms. The van der Waals surface area contributed by atoms with E-state index in [0.29, 0.717) is 6.54 Å². The number of anilines is 1. The molecule has 0 N–H and O–H groups in total. The quantitative estimate of drug-likeness (QED) is 0.785. The number of rotatable bonds is 4. The molecule has 0 saturated carbocycles. The molecule has 0 aliphatic carbocycles. The van der Waals surface area contributed by atoms with Crippen molar-refractivity contribution >= 4 is 17.5 Å². The minimum atomic E-state index is -0.335. The third kappa shape index (κ3) is 2.82. The highest BCUT2D eigenvalue weighted by molar-refractivity contribution is 6.00. The molecular weight excluding hydrogens is 256 g/mol. The summed E-state index contributed by atoms with van der Waals surface area (Å²) in [6.45, 7) is 2.50. The molecule has 1 aromatic carbocycles. The highest BCUT2D eigenvalue weighted by Crippen LogP contribution is 2.26. The van der Waals surface area contributed by atoms with Crippen molar-refractivity contribution < 1.29 is 14.4 Å². The van der Waals surface area contributed by atoms with Gasteiger partial charge in [-0.1, -0.05) is 19.1 Å². The number of hydrogen-bond donors (Lipinski definition) is 0. The number of carbonyl (C=O) groups is 2. The van der Waals surface area contributed by atoms with Gasteiger partial charge in [-0.25, -0.2) is 5.06 Å². The molecule has 2 rings (SSSR count). The third-order valence-electron chi connectivity index (χ3n) is 3.71. The first-order valence-corrected chi connectivity index (χ1v) is 6.77. The summed E-state index contributed by atoms with van der Waals surface area (Å²) in [4.78, 5) is 30.6. The van der Waals surface area contributed by atoms with Gasteiger partial charge in [-0.2, -0.15) is 0 Å². The Morgan fingerprint density at radius 3 is 2.60 bits per heavy atom. The van der Waals surface area contributed by atoms with Crippen LogP contribution in [0.4, 0.5) is 5.69 Å². The Balaban J connectivity index is 2.10. The zero-order chi connectivity index (χ0) is 14.7. The standard InChI is InChI=1S/C15H20N2O3/c1-4-11-5-7-13(8-6-11)17-10-12(9-14(17)18)15(19)16(2)20-3/h5-8,12H,4,9-10H2,1-3H3. The summed E-state index contributed by atoms with van der Waals surface area (Å²) in [5.41, 5.74) is 2.08. The number of aryl methyl sites for hydroxylation is 1. The molecule has 1 aromatic rings. The monoisotopic (exact) mass is 276 g/mol. The molecule has 1 atom stereocenters. The maximum Gasteiger partial charge on any atom is 0.251 e. The molecule has 108 valence electrons. The molecule has 1 aliphatic heterocycles. The lowest BCUT2D eigenvalue weighted by Crippen LogP contribution is -2.34. The molecule has 1 saturated heterocycles. The van der Waals surface area contributed by atoms with E-state index in [0.717, 1.165) is 12.1 Å². The molecule has 0 bridgehead atoms. The first kappa shape index (κ1) is 14.5. The Bertz CT molecular complexity index is 498. The first-order chi connectivity index (χ1) is 9.56. The molecule has 2 amide bonds. The second kappa shape index (κ2) is 6.05. The SMILES string of the molecule is CCc1ccc(N2CC(C(=O)N(C)OC)CC2=O)cc1. The van der Waals surface area contributed by atoms with E-state index < -0.39 is 0 Å². The fourth-order valence-corrected chi connectivity index (χ4v) is 2.38. The number of carbonyl (C=O) groups excluding carboxylic acids is 2. The minimum absolute atomic E-state index is 0.0166. The highest BCUT2D eigenvalue weighted by Gasteiger charge is 2.36. The predicted octanol–water partition coefficient (Wildman–Crippen LogP) is 1.62. The van der Waals surface area contributed by atoms with Gasteiger partial charge in [0, 0.05) is 25.7 Å². The van der Waals surface area contributed by atoms with Gasteiger partial charge in [0.25, 0.3) is 5.91 Å². The number of benzene rings is 1. The predicted molar refractivity (Wildman–Crippen MR) is 76.1 cm³/mol. The van der Waals surface area contributed by atoms with Crippen LogP contribution in [-0.4, -0.2) is 37.6 Å². The fraction of sp³-hybridized carbons (Fsp3) is 0.467. The van der Waals surface area contributed by atoms with Crippen LogP contribution in [0, 0.1) is 5.92 Å². The van der Waals surface area contributed by atoms with Crippen LogP contribution in [0.15, 0.2) is 24.3 Å². The Morgan fingerprint density at radius 2 is 2.05 bits per heavy atom. The smallest absolute Gasteiger partial charge is 0.251 e. The molecule has 0 spiro atoms. The summed E-state index contributed by atoms with van der Waals surface area (Å²) in [5, 5.41) is 1.18. The zero-order valence-electron chi connectivity index (χ0n) is 12.1. The van der Waals surface area contributed by atoms with Crippen LogP contribution in [0.25, 0.3) is 0 Å². The Morgan fingerprint density at radius 1 is 1.40 bits per heavy atom. The Labute approximate surface area is 119 Å². The van der Waals surface area contributed by atoms with Crippen LogP contribution in [0.5, 0.6) is 0 Å². The maximum absolute atomic E-state index is 12.1. The van der Waals surface area contributed by atoms with E-state index in [1.54, 1.807) is 11.9 Å². The number of amides is 2. The second-order valence-electron chi connectivity index (χ2n) is 4.94. The van der Waals surface area contributed by atoms with Crippen molar-refractivity contribution in [1.82, 2.24) is 5.06 Å². The largest absolute Gasteiger partial charge is 0.312 e. The van der Waals surface area contributed by atoms with Gasteiger partial charge in [0.2, 0.25) is 5.91 Å². The van der Waals surface area contributed by atoms with E-state index >= 15 is 0 Å². The minimum Gasteiger partial charge on any atom is -0.312 e. The lowest BCUT2D eigenvalue weighted by molar-refractivity contribution is -0.172. The molecule has 0 aromatic heterocycles. The van der Waals surface area contributed by atoms with Crippen LogP contribution >= 0.6 is 0 Å². The van der Waals surface area contributed by atoms with Crippen molar-refractivity contribution in [2.75, 3.05) is 25.6 Å². The first-order valence-electron chi connectivity index (χ1n) is 6.77. The van der Waals surface area contributed by atoms with Crippen molar-refractivity contribution in [2.24, 2.45) is 5.92 Å². The summed E-state index contributed by atoms with van der Waals surface area (Å²) < 4.78 is 0. The van der Waals surface area contributed by atoms with E-state index in [4.69, 9.17) is 4.84 Å². The van der Waals surface area contributed by atoms with Crippen molar-refractivity contribution in [3.8, 4) is 0 Å². The Kier molecular flexibility index (Phi) is 4.39. The lowest BCUT2D eigenvalue weighted by atomic mass is 10.1. The summed E-state index contributed by atoms with van der Waals surface area (Å²) >= 11 is 0. The molecule has 5 nitrogen and oxygen atoms in total. The number of hydroxylamine groups is 2. The maximum atomic E-state index is 12.1. The van der Waals surface area contributed by atoms with Crippen molar-refractivity contribution in [2.45, 2.75) is 19.8 Å². The van der Waals surface area contributed by atoms with Crippen molar-refractivity contribution in [3.63, 3.8) is 0 Å². The molecule has 1 unspecified atom stereocenters. The zero-order valence-corrected chi connectivity index (χ0v) is 12.1. The lowest BCUT2D eigenvalue weighted by Gasteiger charge is -2.19. The molecule has 1 heterocycles.